The molecule has 0 aliphatic heterocycles. The van der Waals surface area contributed by atoms with Crippen LogP contribution in [0.2, 0.25) is 0 Å². The highest BCUT2D eigenvalue weighted by molar-refractivity contribution is 5.80. The molecule has 0 heterocycles. The van der Waals surface area contributed by atoms with Crippen LogP contribution in [0.25, 0.3) is 22.8 Å². The van der Waals surface area contributed by atoms with Gasteiger partial charge in [0, 0.05) is 5.92 Å². The van der Waals surface area contributed by atoms with E-state index in [2.05, 4.69) is 118 Å². The van der Waals surface area contributed by atoms with Gasteiger partial charge in [0.05, 0.1) is 0 Å². The van der Waals surface area contributed by atoms with Crippen LogP contribution in [0.3, 0.4) is 0 Å². The largest absolute Gasteiger partial charge is 0.0950 e. The van der Waals surface area contributed by atoms with Crippen molar-refractivity contribution in [3.05, 3.63) is 142 Å². The van der Waals surface area contributed by atoms with Crippen molar-refractivity contribution in [2.75, 3.05) is 0 Å². The fourth-order valence-electron chi connectivity index (χ4n) is 6.23. The molecule has 0 bridgehead atoms. The third-order valence-corrected chi connectivity index (χ3v) is 8.35. The summed E-state index contributed by atoms with van der Waals surface area (Å²) in [6.07, 6.45) is 10.3. The molecule has 4 aromatic carbocycles. The predicted molar refractivity (Wildman–Crippen MR) is 159 cm³/mol. The van der Waals surface area contributed by atoms with E-state index in [0.29, 0.717) is 11.8 Å². The SMILES string of the molecule is C=C(c1ccc(Cc2cc(-c3cccc4c3C=CC4)cc(C3CCCc4ccccc43)c2)cc1)C(C)C. The summed E-state index contributed by atoms with van der Waals surface area (Å²) in [7, 11) is 0. The zero-order chi connectivity index (χ0) is 25.4. The molecule has 0 radical (unpaired) electrons. The van der Waals surface area contributed by atoms with Gasteiger partial charge < -0.3 is 0 Å². The third kappa shape index (κ3) is 4.74. The normalized spacial score (nSPS) is 16.0. The maximum atomic E-state index is 4.29. The van der Waals surface area contributed by atoms with Crippen molar-refractivity contribution >= 4 is 11.6 Å². The van der Waals surface area contributed by atoms with Crippen molar-refractivity contribution in [3.63, 3.8) is 0 Å². The predicted octanol–water partition coefficient (Wildman–Crippen LogP) is 9.65. The van der Waals surface area contributed by atoms with Crippen molar-refractivity contribution in [1.29, 1.82) is 0 Å². The van der Waals surface area contributed by atoms with Gasteiger partial charge in [-0.15, -0.1) is 0 Å². The molecule has 2 aliphatic carbocycles. The fourth-order valence-corrected chi connectivity index (χ4v) is 6.23. The van der Waals surface area contributed by atoms with Gasteiger partial charge in [0.25, 0.3) is 0 Å². The average molecular weight is 481 g/mol. The second-order valence-corrected chi connectivity index (χ2v) is 11.1. The molecule has 0 saturated carbocycles. The maximum absolute atomic E-state index is 4.29. The van der Waals surface area contributed by atoms with Crippen molar-refractivity contribution in [3.8, 4) is 11.1 Å². The van der Waals surface area contributed by atoms with E-state index in [1.165, 1.54) is 80.5 Å². The summed E-state index contributed by atoms with van der Waals surface area (Å²) in [5.41, 5.74) is 15.3. The van der Waals surface area contributed by atoms with Crippen LogP contribution in [0.4, 0.5) is 0 Å². The Morgan fingerprint density at radius 1 is 0.865 bits per heavy atom. The summed E-state index contributed by atoms with van der Waals surface area (Å²) >= 11 is 0. The van der Waals surface area contributed by atoms with E-state index in [9.17, 15) is 0 Å². The Balaban J connectivity index is 1.42. The quantitative estimate of drug-likeness (QED) is 0.258. The summed E-state index contributed by atoms with van der Waals surface area (Å²) < 4.78 is 0. The lowest BCUT2D eigenvalue weighted by Crippen LogP contribution is -2.11. The summed E-state index contributed by atoms with van der Waals surface area (Å²) in [6.45, 7) is 8.71. The number of benzene rings is 4. The van der Waals surface area contributed by atoms with Gasteiger partial charge in [0.15, 0.2) is 0 Å². The van der Waals surface area contributed by atoms with Gasteiger partial charge in [0.1, 0.15) is 0 Å². The van der Waals surface area contributed by atoms with Crippen LogP contribution in [0.15, 0.2) is 97.6 Å². The second-order valence-electron chi connectivity index (χ2n) is 11.1. The standard InChI is InChI=1S/C37H36/c1-25(2)26(3)29-19-17-27(18-20-29)21-28-22-32(36-15-7-10-30-9-4-5-13-34(30)36)24-33(23-28)37-16-8-12-31-11-6-14-35(31)37/h4-6,8-9,12-14,16-20,22-25,36H,3,7,10-11,15,21H2,1-2H3. The summed E-state index contributed by atoms with van der Waals surface area (Å²) in [5.74, 6) is 0.929. The Bertz CT molecular complexity index is 1480. The lowest BCUT2D eigenvalue weighted by atomic mass is 9.77. The summed E-state index contributed by atoms with van der Waals surface area (Å²) in [4.78, 5) is 0. The molecule has 2 aliphatic rings. The molecule has 0 heteroatoms. The Hall–Kier alpha value is -3.64. The first-order chi connectivity index (χ1) is 18.1. The molecule has 6 rings (SSSR count). The second kappa shape index (κ2) is 10.0. The van der Waals surface area contributed by atoms with Crippen molar-refractivity contribution in [2.24, 2.45) is 5.92 Å². The van der Waals surface area contributed by atoms with Gasteiger partial charge >= 0.3 is 0 Å². The van der Waals surface area contributed by atoms with E-state index in [0.717, 1.165) is 12.8 Å². The molecule has 0 amide bonds. The number of hydrogen-bond donors (Lipinski definition) is 0. The molecule has 1 unspecified atom stereocenters. The van der Waals surface area contributed by atoms with Gasteiger partial charge in [-0.05, 0) is 99.2 Å². The van der Waals surface area contributed by atoms with Gasteiger partial charge in [-0.3, -0.25) is 0 Å². The molecule has 37 heavy (non-hydrogen) atoms. The number of allylic oxidation sites excluding steroid dienone is 2. The molecule has 1 atom stereocenters. The van der Waals surface area contributed by atoms with Crippen LogP contribution in [-0.4, -0.2) is 0 Å². The third-order valence-electron chi connectivity index (χ3n) is 8.35. The monoisotopic (exact) mass is 480 g/mol. The highest BCUT2D eigenvalue weighted by Gasteiger charge is 2.23. The molecule has 0 N–H and O–H groups in total. The number of aryl methyl sites for hydroxylation is 1. The molecular weight excluding hydrogens is 444 g/mol. The first-order valence-electron chi connectivity index (χ1n) is 13.9. The van der Waals surface area contributed by atoms with E-state index in [1.807, 2.05) is 0 Å². The summed E-state index contributed by atoms with van der Waals surface area (Å²) in [5, 5.41) is 0. The molecule has 0 aromatic heterocycles. The molecule has 0 saturated heterocycles. The molecular formula is C37H36. The van der Waals surface area contributed by atoms with Crippen LogP contribution in [0.1, 0.15) is 77.1 Å². The van der Waals surface area contributed by atoms with Gasteiger partial charge in [-0.25, -0.2) is 0 Å². The maximum Gasteiger partial charge on any atom is 0.00925 e. The average Bonchev–Trinajstić information content (AvgIpc) is 3.42. The zero-order valence-electron chi connectivity index (χ0n) is 22.1. The van der Waals surface area contributed by atoms with E-state index in [4.69, 9.17) is 0 Å². The Morgan fingerprint density at radius 2 is 1.68 bits per heavy atom. The van der Waals surface area contributed by atoms with E-state index < -0.39 is 0 Å². The number of rotatable bonds is 6. The zero-order valence-corrected chi connectivity index (χ0v) is 22.1. The minimum absolute atomic E-state index is 0.463. The molecule has 0 nitrogen and oxygen atoms in total. The van der Waals surface area contributed by atoms with Gasteiger partial charge in [-0.2, -0.15) is 0 Å². The van der Waals surface area contributed by atoms with Crippen molar-refractivity contribution in [1.82, 2.24) is 0 Å². The van der Waals surface area contributed by atoms with Crippen molar-refractivity contribution < 1.29 is 0 Å². The molecule has 184 valence electrons. The lowest BCUT2D eigenvalue weighted by Gasteiger charge is -2.27. The number of hydrogen-bond acceptors (Lipinski definition) is 0. The lowest BCUT2D eigenvalue weighted by molar-refractivity contribution is 0.615. The van der Waals surface area contributed by atoms with Gasteiger partial charge in [-0.1, -0.05) is 118 Å². The summed E-state index contributed by atoms with van der Waals surface area (Å²) in [6, 6.07) is 32.3. The first kappa shape index (κ1) is 23.7. The van der Waals surface area contributed by atoms with Crippen LogP contribution in [0, 0.1) is 5.92 Å². The smallest absolute Gasteiger partial charge is 0.00925 e. The topological polar surface area (TPSA) is 0 Å². The van der Waals surface area contributed by atoms with Crippen LogP contribution in [-0.2, 0) is 19.3 Å². The number of fused-ring (bicyclic) bond motifs is 2. The Labute approximate surface area is 222 Å². The van der Waals surface area contributed by atoms with Crippen LogP contribution in [0.5, 0.6) is 0 Å². The van der Waals surface area contributed by atoms with E-state index in [-0.39, 0.29) is 0 Å². The van der Waals surface area contributed by atoms with Gasteiger partial charge in [0.2, 0.25) is 0 Å². The first-order valence-corrected chi connectivity index (χ1v) is 13.9. The molecule has 0 fully saturated rings. The van der Waals surface area contributed by atoms with E-state index >= 15 is 0 Å². The van der Waals surface area contributed by atoms with E-state index in [1.54, 1.807) is 0 Å². The Morgan fingerprint density at radius 3 is 2.51 bits per heavy atom. The molecule has 0 spiro atoms. The Kier molecular flexibility index (Phi) is 6.43. The molecule has 4 aromatic rings. The minimum Gasteiger partial charge on any atom is -0.0950 e. The van der Waals surface area contributed by atoms with Crippen molar-refractivity contribution in [2.45, 2.75) is 51.9 Å². The van der Waals surface area contributed by atoms with Crippen LogP contribution >= 0.6 is 0 Å². The highest BCUT2D eigenvalue weighted by atomic mass is 14.3. The van der Waals surface area contributed by atoms with Crippen LogP contribution < -0.4 is 0 Å². The fraction of sp³-hybridized carbons (Fsp3) is 0.243. The highest BCUT2D eigenvalue weighted by Crippen LogP contribution is 2.40. The minimum atomic E-state index is 0.463.